The summed E-state index contributed by atoms with van der Waals surface area (Å²) in [5, 5.41) is 0. The fourth-order valence-electron chi connectivity index (χ4n) is 0.933. The first-order valence-corrected chi connectivity index (χ1v) is 5.37. The molecule has 0 fully saturated rings. The van der Waals surface area contributed by atoms with Crippen molar-refractivity contribution in [2.45, 2.75) is 36.2 Å². The SMILES string of the molecule is FC(=C(F)C(F)(F)C(F)(F)F)C(F)(F)OCC(F)(F)C(F)(F)C(F)(F)F. The lowest BCUT2D eigenvalue weighted by atomic mass is 10.2. The summed E-state index contributed by atoms with van der Waals surface area (Å²) in [6.45, 7) is -3.73. The summed E-state index contributed by atoms with van der Waals surface area (Å²) in [6.07, 6.45) is -20.5. The average Bonchev–Trinajstić information content (AvgIpc) is 2.41. The van der Waals surface area contributed by atoms with Crippen LogP contribution in [-0.4, -0.2) is 42.8 Å². The van der Waals surface area contributed by atoms with Crippen molar-refractivity contribution in [3.05, 3.63) is 11.7 Å². The molecule has 0 aliphatic carbocycles. The first-order valence-electron chi connectivity index (χ1n) is 5.37. The summed E-state index contributed by atoms with van der Waals surface area (Å²) < 4.78 is 198. The van der Waals surface area contributed by atoms with Gasteiger partial charge in [-0.2, -0.15) is 65.9 Å². The molecule has 26 heavy (non-hydrogen) atoms. The first kappa shape index (κ1) is 24.6. The monoisotopic (exact) mass is 430 g/mol. The third kappa shape index (κ3) is 4.46. The van der Waals surface area contributed by atoms with Crippen molar-refractivity contribution in [2.24, 2.45) is 0 Å². The Morgan fingerprint density at radius 1 is 0.577 bits per heavy atom. The molecule has 0 bridgehead atoms. The molecule has 0 aromatic heterocycles. The summed E-state index contributed by atoms with van der Waals surface area (Å²) in [4.78, 5) is 0. The Morgan fingerprint density at radius 3 is 1.27 bits per heavy atom. The van der Waals surface area contributed by atoms with Gasteiger partial charge in [-0.15, -0.1) is 0 Å². The Balaban J connectivity index is 5.66. The first-order chi connectivity index (χ1) is 11.0. The lowest BCUT2D eigenvalue weighted by molar-refractivity contribution is -0.373. The van der Waals surface area contributed by atoms with Crippen LogP contribution in [0.4, 0.5) is 70.2 Å². The number of alkyl halides is 14. The zero-order valence-electron chi connectivity index (χ0n) is 11.2. The van der Waals surface area contributed by atoms with Gasteiger partial charge in [-0.1, -0.05) is 0 Å². The highest BCUT2D eigenvalue weighted by Crippen LogP contribution is 2.49. The minimum absolute atomic E-state index is 2.23. The fraction of sp³-hybridized carbons (Fsp3) is 0.778. The van der Waals surface area contributed by atoms with Gasteiger partial charge in [0.05, 0.1) is 0 Å². The molecule has 0 saturated carbocycles. The summed E-state index contributed by atoms with van der Waals surface area (Å²) in [6, 6.07) is 0. The predicted octanol–water partition coefficient (Wildman–Crippen LogP) is 5.78. The van der Waals surface area contributed by atoms with Crippen LogP contribution < -0.4 is 0 Å². The summed E-state index contributed by atoms with van der Waals surface area (Å²) in [5.74, 6) is -29.6. The van der Waals surface area contributed by atoms with E-state index in [2.05, 4.69) is 4.74 Å². The minimum atomic E-state index is -7.05. The number of ether oxygens (including phenoxy) is 1. The summed E-state index contributed by atoms with van der Waals surface area (Å²) in [7, 11) is 0. The second-order valence-electron chi connectivity index (χ2n) is 4.28. The normalized spacial score (nSPS) is 16.6. The van der Waals surface area contributed by atoms with E-state index in [1.807, 2.05) is 0 Å². The molecule has 0 aromatic carbocycles. The highest BCUT2D eigenvalue weighted by Gasteiger charge is 2.73. The van der Waals surface area contributed by atoms with Crippen molar-refractivity contribution in [3.63, 3.8) is 0 Å². The van der Waals surface area contributed by atoms with Crippen LogP contribution in [0.15, 0.2) is 11.7 Å². The molecule has 0 spiro atoms. The third-order valence-corrected chi connectivity index (χ3v) is 2.33. The Labute approximate surface area is 131 Å². The van der Waals surface area contributed by atoms with Crippen molar-refractivity contribution in [1.82, 2.24) is 0 Å². The molecule has 1 nitrogen and oxygen atoms in total. The quantitative estimate of drug-likeness (QED) is 0.486. The largest absolute Gasteiger partial charge is 0.460 e. The van der Waals surface area contributed by atoms with Crippen LogP contribution in [0.5, 0.6) is 0 Å². The Bertz CT molecular complexity index is 537. The van der Waals surface area contributed by atoms with Crippen LogP contribution in [0, 0.1) is 0 Å². The molecule has 0 rings (SSSR count). The average molecular weight is 430 g/mol. The summed E-state index contributed by atoms with van der Waals surface area (Å²) in [5.41, 5.74) is 0. The maximum atomic E-state index is 12.7. The molecule has 0 amide bonds. The van der Waals surface area contributed by atoms with Gasteiger partial charge in [-0.3, -0.25) is 0 Å². The van der Waals surface area contributed by atoms with Gasteiger partial charge >= 0.3 is 36.2 Å². The van der Waals surface area contributed by atoms with Gasteiger partial charge in [0.2, 0.25) is 11.7 Å². The van der Waals surface area contributed by atoms with E-state index in [0.717, 1.165) is 0 Å². The lowest BCUT2D eigenvalue weighted by Gasteiger charge is -2.29. The van der Waals surface area contributed by atoms with E-state index < -0.39 is 54.5 Å². The fourth-order valence-corrected chi connectivity index (χ4v) is 0.933. The molecule has 0 N–H and O–H groups in total. The zero-order chi connectivity index (χ0) is 21.6. The Kier molecular flexibility index (Phi) is 6.27. The van der Waals surface area contributed by atoms with Gasteiger partial charge in [0, 0.05) is 0 Å². The molecule has 17 heteroatoms. The summed E-state index contributed by atoms with van der Waals surface area (Å²) >= 11 is 0. The van der Waals surface area contributed by atoms with E-state index in [0.29, 0.717) is 0 Å². The van der Waals surface area contributed by atoms with Gasteiger partial charge in [-0.05, 0) is 0 Å². The van der Waals surface area contributed by atoms with Gasteiger partial charge in [0.15, 0.2) is 0 Å². The molecule has 0 atom stereocenters. The van der Waals surface area contributed by atoms with E-state index in [9.17, 15) is 70.2 Å². The van der Waals surface area contributed by atoms with Crippen LogP contribution in [0.1, 0.15) is 0 Å². The molecule has 0 aliphatic rings. The van der Waals surface area contributed by atoms with E-state index in [4.69, 9.17) is 0 Å². The lowest BCUT2D eigenvalue weighted by Crippen LogP contribution is -2.55. The molecule has 0 aliphatic heterocycles. The smallest absolute Gasteiger partial charge is 0.308 e. The van der Waals surface area contributed by atoms with E-state index >= 15 is 0 Å². The van der Waals surface area contributed by atoms with E-state index in [-0.39, 0.29) is 0 Å². The molecule has 0 aromatic rings. The molecule has 0 saturated heterocycles. The zero-order valence-corrected chi connectivity index (χ0v) is 11.2. The topological polar surface area (TPSA) is 9.23 Å². The van der Waals surface area contributed by atoms with Crippen molar-refractivity contribution in [3.8, 4) is 0 Å². The van der Waals surface area contributed by atoms with Gasteiger partial charge in [0.25, 0.3) is 0 Å². The number of halogens is 16. The molecule has 0 unspecified atom stereocenters. The van der Waals surface area contributed by atoms with E-state index in [1.54, 1.807) is 0 Å². The van der Waals surface area contributed by atoms with Gasteiger partial charge in [0.1, 0.15) is 6.61 Å². The molecule has 0 radical (unpaired) electrons. The molecule has 156 valence electrons. The molecule has 0 heterocycles. The maximum Gasteiger partial charge on any atom is 0.460 e. The predicted molar refractivity (Wildman–Crippen MR) is 47.1 cm³/mol. The second kappa shape index (κ2) is 6.63. The van der Waals surface area contributed by atoms with Gasteiger partial charge in [-0.25, -0.2) is 4.39 Å². The van der Waals surface area contributed by atoms with Crippen molar-refractivity contribution in [2.75, 3.05) is 6.61 Å². The van der Waals surface area contributed by atoms with Crippen molar-refractivity contribution >= 4 is 0 Å². The van der Waals surface area contributed by atoms with Crippen LogP contribution in [-0.2, 0) is 4.74 Å². The standard InChI is InChI=1S/C9H2F16O/c10-2(5(14,15)8(20,21)22)3(11)6(16,17)26-1-4(12,13)7(18,19)9(23,24)25/h1H2. The van der Waals surface area contributed by atoms with Crippen LogP contribution in [0.3, 0.4) is 0 Å². The van der Waals surface area contributed by atoms with E-state index in [1.165, 1.54) is 0 Å². The number of rotatable bonds is 6. The highest BCUT2D eigenvalue weighted by molar-refractivity contribution is 5.16. The van der Waals surface area contributed by atoms with Crippen molar-refractivity contribution in [1.29, 1.82) is 0 Å². The number of hydrogen-bond donors (Lipinski definition) is 0. The second-order valence-corrected chi connectivity index (χ2v) is 4.28. The Morgan fingerprint density at radius 2 is 0.962 bits per heavy atom. The molecular weight excluding hydrogens is 428 g/mol. The van der Waals surface area contributed by atoms with Gasteiger partial charge < -0.3 is 4.74 Å². The maximum absolute atomic E-state index is 12.7. The number of allylic oxidation sites excluding steroid dienone is 1. The van der Waals surface area contributed by atoms with Crippen LogP contribution >= 0.6 is 0 Å². The van der Waals surface area contributed by atoms with Crippen LogP contribution in [0.2, 0.25) is 0 Å². The number of hydrogen-bond acceptors (Lipinski definition) is 1. The van der Waals surface area contributed by atoms with Crippen molar-refractivity contribution < 1.29 is 75.0 Å². The minimum Gasteiger partial charge on any atom is -0.308 e. The highest BCUT2D eigenvalue weighted by atomic mass is 19.4. The Hall–Kier alpha value is -1.42. The molecular formula is C9H2F16O. The third-order valence-electron chi connectivity index (χ3n) is 2.33. The van der Waals surface area contributed by atoms with Crippen LogP contribution in [0.25, 0.3) is 0 Å².